The average molecular weight is 436 g/mol. The van der Waals surface area contributed by atoms with Crippen molar-refractivity contribution >= 4 is 19.2 Å². The van der Waals surface area contributed by atoms with Crippen LogP contribution in [0.4, 0.5) is 8.78 Å². The molecule has 0 aromatic heterocycles. The lowest BCUT2D eigenvalue weighted by Crippen LogP contribution is -2.21. The molecule has 1 aliphatic rings. The van der Waals surface area contributed by atoms with Crippen LogP contribution in [0, 0.1) is 11.7 Å². The normalized spacial score (nSPS) is 16.9. The molecule has 2 aromatic carbocycles. The zero-order valence-electron chi connectivity index (χ0n) is 17.8. The SMILES string of the molecule is CC1CC(CF)CN1C.NC=O.O=CCc1cccc(-c2ccc(F)cc2)c1.O=CO. The number of carbonyl (C=O) groups is 3. The summed E-state index contributed by atoms with van der Waals surface area (Å²) in [5, 5.41) is 6.89. The van der Waals surface area contributed by atoms with Gasteiger partial charge in [-0.1, -0.05) is 36.4 Å². The minimum absolute atomic E-state index is 0.144. The number of carbonyl (C=O) groups excluding carboxylic acids is 2. The van der Waals surface area contributed by atoms with Gasteiger partial charge in [0.15, 0.2) is 0 Å². The van der Waals surface area contributed by atoms with Gasteiger partial charge in [-0.3, -0.25) is 14.0 Å². The molecule has 170 valence electrons. The van der Waals surface area contributed by atoms with E-state index in [1.807, 2.05) is 24.3 Å². The molecule has 0 aliphatic carbocycles. The zero-order chi connectivity index (χ0) is 23.6. The number of amides is 1. The fourth-order valence-corrected chi connectivity index (χ4v) is 3.05. The third-order valence-corrected chi connectivity index (χ3v) is 4.61. The molecule has 2 aromatic rings. The van der Waals surface area contributed by atoms with Gasteiger partial charge in [0.05, 0.1) is 6.67 Å². The van der Waals surface area contributed by atoms with E-state index in [2.05, 4.69) is 24.6 Å². The van der Waals surface area contributed by atoms with Crippen LogP contribution < -0.4 is 5.73 Å². The maximum Gasteiger partial charge on any atom is 0.290 e. The summed E-state index contributed by atoms with van der Waals surface area (Å²) in [4.78, 5) is 29.6. The Labute approximate surface area is 181 Å². The predicted molar refractivity (Wildman–Crippen MR) is 117 cm³/mol. The Balaban J connectivity index is 0.000000506. The molecule has 0 spiro atoms. The van der Waals surface area contributed by atoms with Crippen molar-refractivity contribution in [2.24, 2.45) is 11.7 Å². The average Bonchev–Trinajstić information content (AvgIpc) is 3.08. The van der Waals surface area contributed by atoms with Gasteiger partial charge in [-0.25, -0.2) is 4.39 Å². The number of nitrogens with zero attached hydrogens (tertiary/aromatic N) is 1. The molecule has 0 bridgehead atoms. The highest BCUT2D eigenvalue weighted by molar-refractivity contribution is 5.65. The van der Waals surface area contributed by atoms with Crippen molar-refractivity contribution in [1.82, 2.24) is 4.90 Å². The topological polar surface area (TPSA) is 101 Å². The van der Waals surface area contributed by atoms with E-state index in [1.165, 1.54) is 12.1 Å². The van der Waals surface area contributed by atoms with Gasteiger partial charge in [-0.15, -0.1) is 0 Å². The van der Waals surface area contributed by atoms with Crippen LogP contribution in [0.5, 0.6) is 0 Å². The monoisotopic (exact) mass is 436 g/mol. The number of nitrogens with two attached hydrogens (primary N) is 1. The molecule has 0 saturated carbocycles. The predicted octanol–water partition coefficient (Wildman–Crippen LogP) is 3.33. The first-order valence-corrected chi connectivity index (χ1v) is 9.64. The van der Waals surface area contributed by atoms with E-state index >= 15 is 0 Å². The standard InChI is InChI=1S/C14H11FO.C7H14FN.CH3NO.CH2O2/c15-14-6-4-12(5-7-14)13-3-1-2-11(10-13)8-9-16;1-6-3-7(4-8)5-9(6)2;2*2-1-3/h1-7,9-10H,8H2;6-7H,3-5H2,1-2H3;1H,(H2,2,3);1H,(H,2,3). The molecule has 8 heteroatoms. The van der Waals surface area contributed by atoms with Crippen LogP contribution in [0.3, 0.4) is 0 Å². The summed E-state index contributed by atoms with van der Waals surface area (Å²) >= 11 is 0. The zero-order valence-corrected chi connectivity index (χ0v) is 17.8. The van der Waals surface area contributed by atoms with E-state index in [9.17, 15) is 13.6 Å². The quantitative estimate of drug-likeness (QED) is 0.716. The second-order valence-electron chi connectivity index (χ2n) is 6.86. The molecule has 0 radical (unpaired) electrons. The van der Waals surface area contributed by atoms with Gasteiger partial charge in [0.2, 0.25) is 6.41 Å². The molecule has 1 amide bonds. The van der Waals surface area contributed by atoms with Crippen LogP contribution in [0.15, 0.2) is 48.5 Å². The Kier molecular flexibility index (Phi) is 15.0. The van der Waals surface area contributed by atoms with Crippen LogP contribution in [-0.4, -0.2) is 55.5 Å². The molecule has 1 aliphatic heterocycles. The summed E-state index contributed by atoms with van der Waals surface area (Å²) in [6, 6.07) is 14.6. The number of alkyl halides is 1. The van der Waals surface area contributed by atoms with Gasteiger partial charge in [0.1, 0.15) is 12.1 Å². The maximum absolute atomic E-state index is 12.8. The molecular formula is C23H30F2N2O4. The highest BCUT2D eigenvalue weighted by atomic mass is 19.1. The summed E-state index contributed by atoms with van der Waals surface area (Å²) in [6.45, 7) is 2.70. The van der Waals surface area contributed by atoms with Gasteiger partial charge >= 0.3 is 0 Å². The van der Waals surface area contributed by atoms with E-state index < -0.39 is 0 Å². The molecular weight excluding hydrogens is 406 g/mol. The van der Waals surface area contributed by atoms with Gasteiger partial charge in [0.25, 0.3) is 6.47 Å². The molecule has 3 rings (SSSR count). The van der Waals surface area contributed by atoms with Crippen LogP contribution in [0.2, 0.25) is 0 Å². The van der Waals surface area contributed by atoms with Gasteiger partial charge in [0, 0.05) is 24.9 Å². The van der Waals surface area contributed by atoms with Crippen molar-refractivity contribution in [3.63, 3.8) is 0 Å². The van der Waals surface area contributed by atoms with E-state index in [1.54, 1.807) is 12.1 Å². The van der Waals surface area contributed by atoms with Crippen molar-refractivity contribution in [3.8, 4) is 11.1 Å². The van der Waals surface area contributed by atoms with Crippen LogP contribution in [-0.2, 0) is 20.8 Å². The third-order valence-electron chi connectivity index (χ3n) is 4.61. The van der Waals surface area contributed by atoms with Crippen molar-refractivity contribution < 1.29 is 28.3 Å². The van der Waals surface area contributed by atoms with Crippen LogP contribution in [0.1, 0.15) is 18.9 Å². The fraction of sp³-hybridized carbons (Fsp3) is 0.348. The minimum Gasteiger partial charge on any atom is -0.483 e. The molecule has 1 fully saturated rings. The Morgan fingerprint density at radius 2 is 1.71 bits per heavy atom. The second-order valence-corrected chi connectivity index (χ2v) is 6.86. The number of aldehydes is 1. The number of carboxylic acid groups (broad SMARTS) is 1. The van der Waals surface area contributed by atoms with Crippen molar-refractivity contribution in [3.05, 3.63) is 59.9 Å². The summed E-state index contributed by atoms with van der Waals surface area (Å²) in [5.41, 5.74) is 7.09. The third kappa shape index (κ3) is 11.6. The van der Waals surface area contributed by atoms with Crippen LogP contribution in [0.25, 0.3) is 11.1 Å². The first-order chi connectivity index (χ1) is 14.9. The lowest BCUT2D eigenvalue weighted by molar-refractivity contribution is -0.123. The van der Waals surface area contributed by atoms with Crippen molar-refractivity contribution in [1.29, 1.82) is 0 Å². The number of likely N-dealkylation sites (tertiary alicyclic amines) is 1. The lowest BCUT2D eigenvalue weighted by Gasteiger charge is -2.12. The van der Waals surface area contributed by atoms with E-state index in [-0.39, 0.29) is 25.4 Å². The highest BCUT2D eigenvalue weighted by Gasteiger charge is 2.25. The molecule has 31 heavy (non-hydrogen) atoms. The van der Waals surface area contributed by atoms with Gasteiger partial charge in [-0.2, -0.15) is 0 Å². The number of halogens is 2. The highest BCUT2D eigenvalue weighted by Crippen LogP contribution is 2.21. The van der Waals surface area contributed by atoms with E-state index in [0.717, 1.165) is 35.9 Å². The summed E-state index contributed by atoms with van der Waals surface area (Å²) < 4.78 is 24.8. The number of benzene rings is 2. The first kappa shape index (κ1) is 27.9. The second kappa shape index (κ2) is 16.6. The molecule has 2 unspecified atom stereocenters. The molecule has 1 heterocycles. The smallest absolute Gasteiger partial charge is 0.290 e. The Morgan fingerprint density at radius 3 is 2.13 bits per heavy atom. The summed E-state index contributed by atoms with van der Waals surface area (Å²) in [7, 11) is 2.06. The Hall–Kier alpha value is -3.13. The summed E-state index contributed by atoms with van der Waals surface area (Å²) in [6.07, 6.45) is 2.58. The van der Waals surface area contributed by atoms with Crippen molar-refractivity contribution in [2.75, 3.05) is 20.3 Å². The molecule has 6 nitrogen and oxygen atoms in total. The number of rotatable bonds is 4. The number of hydrogen-bond donors (Lipinski definition) is 2. The summed E-state index contributed by atoms with van der Waals surface area (Å²) in [5.74, 6) is 0.0674. The molecule has 1 saturated heterocycles. The van der Waals surface area contributed by atoms with Crippen molar-refractivity contribution in [2.45, 2.75) is 25.8 Å². The lowest BCUT2D eigenvalue weighted by atomic mass is 10.0. The Bertz CT molecular complexity index is 756. The Morgan fingerprint density at radius 1 is 1.13 bits per heavy atom. The number of primary amides is 1. The molecule has 3 N–H and O–H groups in total. The maximum atomic E-state index is 12.8. The van der Waals surface area contributed by atoms with Gasteiger partial charge in [-0.05, 0) is 49.2 Å². The number of hydrogen-bond acceptors (Lipinski definition) is 4. The van der Waals surface area contributed by atoms with Crippen LogP contribution >= 0.6 is 0 Å². The minimum atomic E-state index is -0.250. The first-order valence-electron chi connectivity index (χ1n) is 9.64. The molecule has 2 atom stereocenters. The van der Waals surface area contributed by atoms with E-state index in [4.69, 9.17) is 14.7 Å². The van der Waals surface area contributed by atoms with E-state index in [0.29, 0.717) is 18.4 Å². The fourth-order valence-electron chi connectivity index (χ4n) is 3.05. The largest absolute Gasteiger partial charge is 0.483 e. The van der Waals surface area contributed by atoms with Gasteiger partial charge < -0.3 is 20.5 Å².